The maximum atomic E-state index is 12.2. The second-order valence-corrected chi connectivity index (χ2v) is 9.00. The molecular weight excluding hydrogens is 390 g/mol. The maximum absolute atomic E-state index is 12.2. The third-order valence-electron chi connectivity index (χ3n) is 4.93. The first kappa shape index (κ1) is 21.5. The third kappa shape index (κ3) is 6.41. The van der Waals surface area contributed by atoms with Gasteiger partial charge in [0.2, 0.25) is 0 Å². The van der Waals surface area contributed by atoms with E-state index in [0.29, 0.717) is 31.9 Å². The lowest BCUT2D eigenvalue weighted by Crippen LogP contribution is -2.50. The predicted octanol–water partition coefficient (Wildman–Crippen LogP) is 4.03. The quantitative estimate of drug-likeness (QED) is 0.798. The molecule has 0 spiro atoms. The van der Waals surface area contributed by atoms with Crippen molar-refractivity contribution in [1.82, 2.24) is 14.7 Å². The van der Waals surface area contributed by atoms with Crippen molar-refractivity contribution in [2.45, 2.75) is 32.9 Å². The van der Waals surface area contributed by atoms with Gasteiger partial charge in [0, 0.05) is 56.1 Å². The van der Waals surface area contributed by atoms with Crippen LogP contribution in [0.2, 0.25) is 5.02 Å². The molecule has 1 fully saturated rings. The number of ether oxygens (including phenoxy) is 1. The molecule has 1 aromatic carbocycles. The summed E-state index contributed by atoms with van der Waals surface area (Å²) in [4.78, 5) is 18.3. The number of rotatable bonds is 4. The molecule has 1 amide bonds. The fraction of sp³-hybridized carbons (Fsp3) is 0.500. The maximum Gasteiger partial charge on any atom is 0.410 e. The highest BCUT2D eigenvalue weighted by Crippen LogP contribution is 2.19. The van der Waals surface area contributed by atoms with Crippen LogP contribution in [0.15, 0.2) is 47.9 Å². The number of halogens is 1. The number of carbonyl (C=O) groups is 1. The van der Waals surface area contributed by atoms with Crippen LogP contribution in [0.1, 0.15) is 26.3 Å². The highest BCUT2D eigenvalue weighted by Gasteiger charge is 2.26. The molecule has 0 aromatic heterocycles. The SMILES string of the molecule is CC(C)(C)OC(=O)N1CCN(CC2=C(O)CN(Cc3ccc(Cl)cc3)C=C2)CC1. The zero-order chi connectivity index (χ0) is 21.0. The Bertz CT molecular complexity index is 775. The number of aliphatic hydroxyl groups is 1. The van der Waals surface area contributed by atoms with E-state index in [1.54, 1.807) is 4.90 Å². The van der Waals surface area contributed by atoms with Gasteiger partial charge in [-0.25, -0.2) is 4.79 Å². The predicted molar refractivity (Wildman–Crippen MR) is 115 cm³/mol. The fourth-order valence-electron chi connectivity index (χ4n) is 3.37. The molecule has 0 radical (unpaired) electrons. The molecule has 1 saturated heterocycles. The molecule has 0 bridgehead atoms. The molecule has 0 aliphatic carbocycles. The summed E-state index contributed by atoms with van der Waals surface area (Å²) in [6.07, 6.45) is 3.75. The smallest absolute Gasteiger partial charge is 0.410 e. The van der Waals surface area contributed by atoms with E-state index in [9.17, 15) is 9.90 Å². The van der Waals surface area contributed by atoms with Crippen LogP contribution >= 0.6 is 11.6 Å². The highest BCUT2D eigenvalue weighted by atomic mass is 35.5. The summed E-state index contributed by atoms with van der Waals surface area (Å²) in [6.45, 7) is 10.3. The minimum absolute atomic E-state index is 0.255. The number of hydrogen-bond donors (Lipinski definition) is 1. The fourth-order valence-corrected chi connectivity index (χ4v) is 3.50. The Balaban J connectivity index is 1.47. The van der Waals surface area contributed by atoms with Crippen LogP contribution in [-0.2, 0) is 11.3 Å². The molecule has 0 saturated carbocycles. The first-order valence-electron chi connectivity index (χ1n) is 9.97. The summed E-state index contributed by atoms with van der Waals surface area (Å²) in [6, 6.07) is 7.75. The van der Waals surface area contributed by atoms with Crippen LogP contribution in [0.5, 0.6) is 0 Å². The molecule has 1 aromatic rings. The molecule has 2 heterocycles. The van der Waals surface area contributed by atoms with Gasteiger partial charge in [-0.15, -0.1) is 0 Å². The van der Waals surface area contributed by atoms with Gasteiger partial charge in [0.05, 0.1) is 6.54 Å². The summed E-state index contributed by atoms with van der Waals surface area (Å²) in [5, 5.41) is 11.2. The van der Waals surface area contributed by atoms with Gasteiger partial charge in [-0.3, -0.25) is 4.90 Å². The first-order valence-corrected chi connectivity index (χ1v) is 10.4. The van der Waals surface area contributed by atoms with Gasteiger partial charge in [0.1, 0.15) is 11.4 Å². The zero-order valence-electron chi connectivity index (χ0n) is 17.4. The molecule has 3 rings (SSSR count). The number of carbonyl (C=O) groups excluding carboxylic acids is 1. The minimum Gasteiger partial charge on any atom is -0.510 e. The molecule has 29 heavy (non-hydrogen) atoms. The number of benzene rings is 1. The van der Waals surface area contributed by atoms with E-state index >= 15 is 0 Å². The van der Waals surface area contributed by atoms with Crippen molar-refractivity contribution in [2.75, 3.05) is 39.3 Å². The zero-order valence-corrected chi connectivity index (χ0v) is 18.2. The van der Waals surface area contributed by atoms with E-state index in [0.717, 1.165) is 35.8 Å². The minimum atomic E-state index is -0.477. The van der Waals surface area contributed by atoms with Crippen LogP contribution in [0.25, 0.3) is 0 Å². The van der Waals surface area contributed by atoms with Crippen LogP contribution in [0.3, 0.4) is 0 Å². The molecule has 0 unspecified atom stereocenters. The van der Waals surface area contributed by atoms with Crippen molar-refractivity contribution >= 4 is 17.7 Å². The van der Waals surface area contributed by atoms with E-state index in [-0.39, 0.29) is 6.09 Å². The molecule has 0 atom stereocenters. The van der Waals surface area contributed by atoms with E-state index in [2.05, 4.69) is 9.80 Å². The third-order valence-corrected chi connectivity index (χ3v) is 5.18. The number of aliphatic hydroxyl groups excluding tert-OH is 1. The molecule has 2 aliphatic rings. The van der Waals surface area contributed by atoms with Gasteiger partial charge < -0.3 is 19.6 Å². The standard InChI is InChI=1S/C22H30ClN3O3/c1-22(2,3)29-21(28)26-12-10-24(11-13-26)15-18-8-9-25(16-20(18)27)14-17-4-6-19(23)7-5-17/h4-9,27H,10-16H2,1-3H3. The average molecular weight is 420 g/mol. The summed E-state index contributed by atoms with van der Waals surface area (Å²) in [5.41, 5.74) is 1.60. The summed E-state index contributed by atoms with van der Waals surface area (Å²) < 4.78 is 5.44. The van der Waals surface area contributed by atoms with Crippen molar-refractivity contribution < 1.29 is 14.6 Å². The van der Waals surface area contributed by atoms with Crippen LogP contribution < -0.4 is 0 Å². The summed E-state index contributed by atoms with van der Waals surface area (Å²) >= 11 is 5.94. The lowest BCUT2D eigenvalue weighted by molar-refractivity contribution is 0.0152. The van der Waals surface area contributed by atoms with Gasteiger partial charge >= 0.3 is 6.09 Å². The number of amides is 1. The molecule has 1 N–H and O–H groups in total. The van der Waals surface area contributed by atoms with Gasteiger partial charge in [-0.2, -0.15) is 0 Å². The normalized spacial score (nSPS) is 18.3. The Labute approximate surface area is 178 Å². The molecule has 7 heteroatoms. The van der Waals surface area contributed by atoms with E-state index in [1.807, 2.05) is 57.3 Å². The average Bonchev–Trinajstić information content (AvgIpc) is 2.65. The largest absolute Gasteiger partial charge is 0.510 e. The Morgan fingerprint density at radius 3 is 2.34 bits per heavy atom. The monoisotopic (exact) mass is 419 g/mol. The lowest BCUT2D eigenvalue weighted by atomic mass is 10.1. The van der Waals surface area contributed by atoms with Crippen molar-refractivity contribution in [1.29, 1.82) is 0 Å². The number of piperazine rings is 1. The second-order valence-electron chi connectivity index (χ2n) is 8.56. The molecule has 6 nitrogen and oxygen atoms in total. The van der Waals surface area contributed by atoms with Gasteiger partial charge in [-0.05, 0) is 44.5 Å². The van der Waals surface area contributed by atoms with E-state index in [4.69, 9.17) is 16.3 Å². The summed E-state index contributed by atoms with van der Waals surface area (Å²) in [7, 11) is 0. The molecule has 158 valence electrons. The first-order chi connectivity index (χ1) is 13.7. The van der Waals surface area contributed by atoms with Crippen molar-refractivity contribution in [2.24, 2.45) is 0 Å². The molecule has 2 aliphatic heterocycles. The highest BCUT2D eigenvalue weighted by molar-refractivity contribution is 6.30. The van der Waals surface area contributed by atoms with E-state index < -0.39 is 5.60 Å². The van der Waals surface area contributed by atoms with Crippen LogP contribution in [0.4, 0.5) is 4.79 Å². The van der Waals surface area contributed by atoms with Gasteiger partial charge in [0.15, 0.2) is 0 Å². The van der Waals surface area contributed by atoms with Crippen LogP contribution in [-0.4, -0.2) is 70.8 Å². The van der Waals surface area contributed by atoms with Crippen molar-refractivity contribution in [3.8, 4) is 0 Å². The Kier molecular flexibility index (Phi) is 6.75. The summed E-state index contributed by atoms with van der Waals surface area (Å²) in [5.74, 6) is 0.399. The second kappa shape index (κ2) is 9.09. The van der Waals surface area contributed by atoms with Crippen molar-refractivity contribution in [3.63, 3.8) is 0 Å². The Morgan fingerprint density at radius 1 is 1.10 bits per heavy atom. The lowest BCUT2D eigenvalue weighted by Gasteiger charge is -2.36. The Hall–Kier alpha value is -2.18. The van der Waals surface area contributed by atoms with E-state index in [1.165, 1.54) is 0 Å². The Morgan fingerprint density at radius 2 is 1.76 bits per heavy atom. The van der Waals surface area contributed by atoms with Crippen molar-refractivity contribution in [3.05, 3.63) is 58.5 Å². The number of nitrogens with zero attached hydrogens (tertiary/aromatic N) is 3. The van der Waals surface area contributed by atoms with Gasteiger partial charge in [-0.1, -0.05) is 23.7 Å². The number of hydrogen-bond acceptors (Lipinski definition) is 5. The van der Waals surface area contributed by atoms with Gasteiger partial charge in [0.25, 0.3) is 0 Å². The van der Waals surface area contributed by atoms with Crippen LogP contribution in [0, 0.1) is 0 Å². The topological polar surface area (TPSA) is 56.3 Å². The molecular formula is C22H30ClN3O3.